The van der Waals surface area contributed by atoms with Gasteiger partial charge in [-0.15, -0.1) is 0 Å². The second kappa shape index (κ2) is 5.27. The van der Waals surface area contributed by atoms with E-state index >= 15 is 0 Å². The first-order chi connectivity index (χ1) is 8.56. The van der Waals surface area contributed by atoms with E-state index in [0.29, 0.717) is 18.7 Å². The molecule has 2 rings (SSSR count). The molecule has 96 valence electrons. The monoisotopic (exact) mass is 248 g/mol. The summed E-state index contributed by atoms with van der Waals surface area (Å²) in [6.45, 7) is 3.97. The zero-order valence-electron chi connectivity index (χ0n) is 10.3. The van der Waals surface area contributed by atoms with Crippen LogP contribution in [0.15, 0.2) is 18.2 Å². The van der Waals surface area contributed by atoms with Crippen molar-refractivity contribution in [1.29, 1.82) is 0 Å². The van der Waals surface area contributed by atoms with Crippen molar-refractivity contribution in [2.45, 2.75) is 19.9 Å². The number of carboxylic acid groups (broad SMARTS) is 1. The number of carbonyl (C=O) groups is 2. The Bertz CT molecular complexity index is 473. The minimum Gasteiger partial charge on any atom is -0.477 e. The maximum absolute atomic E-state index is 11.4. The van der Waals surface area contributed by atoms with Gasteiger partial charge in [0.2, 0.25) is 0 Å². The number of ketones is 1. The highest BCUT2D eigenvalue weighted by Crippen LogP contribution is 2.14. The van der Waals surface area contributed by atoms with Crippen LogP contribution in [-0.2, 0) is 11.3 Å². The Morgan fingerprint density at radius 2 is 2.33 bits per heavy atom. The van der Waals surface area contributed by atoms with Crippen molar-refractivity contribution in [2.75, 3.05) is 13.1 Å². The number of nitrogens with zero attached hydrogens (tertiary/aromatic N) is 2. The number of carboxylic acids is 1. The van der Waals surface area contributed by atoms with E-state index in [9.17, 15) is 9.59 Å². The molecule has 1 saturated heterocycles. The van der Waals surface area contributed by atoms with E-state index in [2.05, 4.69) is 9.88 Å². The van der Waals surface area contributed by atoms with E-state index in [0.717, 1.165) is 18.8 Å². The minimum absolute atomic E-state index is 0.0569. The Labute approximate surface area is 105 Å². The molecule has 1 aliphatic rings. The summed E-state index contributed by atoms with van der Waals surface area (Å²) in [5.74, 6) is -0.654. The van der Waals surface area contributed by atoms with Crippen LogP contribution in [0, 0.1) is 5.92 Å². The van der Waals surface area contributed by atoms with Gasteiger partial charge in [0.25, 0.3) is 0 Å². The van der Waals surface area contributed by atoms with E-state index in [4.69, 9.17) is 5.11 Å². The fourth-order valence-electron chi connectivity index (χ4n) is 2.15. The summed E-state index contributed by atoms with van der Waals surface area (Å²) in [6.07, 6.45) is 0.569. The molecule has 0 spiro atoms. The molecule has 1 aromatic heterocycles. The molecule has 1 fully saturated rings. The average Bonchev–Trinajstić information content (AvgIpc) is 2.34. The largest absolute Gasteiger partial charge is 0.477 e. The van der Waals surface area contributed by atoms with Gasteiger partial charge in [-0.3, -0.25) is 9.69 Å². The van der Waals surface area contributed by atoms with Gasteiger partial charge >= 0.3 is 5.97 Å². The van der Waals surface area contributed by atoms with Crippen LogP contribution in [-0.4, -0.2) is 39.8 Å². The molecule has 2 heterocycles. The van der Waals surface area contributed by atoms with Crippen LogP contribution in [0.5, 0.6) is 0 Å². The van der Waals surface area contributed by atoms with Gasteiger partial charge in [0.1, 0.15) is 11.5 Å². The Morgan fingerprint density at radius 3 is 3.00 bits per heavy atom. The number of hydrogen-bond acceptors (Lipinski definition) is 4. The molecule has 0 aliphatic carbocycles. The zero-order chi connectivity index (χ0) is 13.1. The molecule has 5 heteroatoms. The predicted octanol–water partition coefficient (Wildman–Crippen LogP) is 1.19. The van der Waals surface area contributed by atoms with E-state index in [1.165, 1.54) is 6.07 Å². The normalized spacial score (nSPS) is 20.9. The number of hydrogen-bond donors (Lipinski definition) is 1. The Kier molecular flexibility index (Phi) is 3.72. The maximum Gasteiger partial charge on any atom is 0.354 e. The van der Waals surface area contributed by atoms with Crippen LogP contribution in [0.3, 0.4) is 0 Å². The fraction of sp³-hybridized carbons (Fsp3) is 0.462. The van der Waals surface area contributed by atoms with Crippen LogP contribution in [0.25, 0.3) is 0 Å². The summed E-state index contributed by atoms with van der Waals surface area (Å²) in [4.78, 5) is 28.5. The standard InChI is InChI=1S/C13H16N2O3/c1-9-7-15(6-5-12(9)16)8-10-3-2-4-11(14-10)13(17)18/h2-4,9H,5-8H2,1H3,(H,17,18). The van der Waals surface area contributed by atoms with Crippen LogP contribution >= 0.6 is 0 Å². The highest BCUT2D eigenvalue weighted by atomic mass is 16.4. The summed E-state index contributed by atoms with van der Waals surface area (Å²) >= 11 is 0. The van der Waals surface area contributed by atoms with Crippen LogP contribution in [0.2, 0.25) is 0 Å². The van der Waals surface area contributed by atoms with Gasteiger partial charge in [-0.05, 0) is 12.1 Å². The molecule has 1 N–H and O–H groups in total. The van der Waals surface area contributed by atoms with Crippen molar-refractivity contribution in [3.8, 4) is 0 Å². The quantitative estimate of drug-likeness (QED) is 0.870. The first-order valence-corrected chi connectivity index (χ1v) is 6.00. The number of aromatic nitrogens is 1. The third-order valence-electron chi connectivity index (χ3n) is 3.17. The Morgan fingerprint density at radius 1 is 1.56 bits per heavy atom. The number of rotatable bonds is 3. The molecule has 0 aromatic carbocycles. The molecule has 0 saturated carbocycles. The smallest absolute Gasteiger partial charge is 0.354 e. The highest BCUT2D eigenvalue weighted by Gasteiger charge is 2.23. The topological polar surface area (TPSA) is 70.5 Å². The summed E-state index contributed by atoms with van der Waals surface area (Å²) in [7, 11) is 0. The number of carbonyl (C=O) groups excluding carboxylic acids is 1. The van der Waals surface area contributed by atoms with Crippen molar-refractivity contribution in [3.63, 3.8) is 0 Å². The van der Waals surface area contributed by atoms with Crippen molar-refractivity contribution in [1.82, 2.24) is 9.88 Å². The van der Waals surface area contributed by atoms with Gasteiger partial charge in [0, 0.05) is 32.0 Å². The summed E-state index contributed by atoms with van der Waals surface area (Å²) < 4.78 is 0. The van der Waals surface area contributed by atoms with Gasteiger partial charge in [-0.1, -0.05) is 13.0 Å². The second-order valence-corrected chi connectivity index (χ2v) is 4.67. The van der Waals surface area contributed by atoms with E-state index in [1.54, 1.807) is 6.07 Å². The van der Waals surface area contributed by atoms with Crippen LogP contribution in [0.1, 0.15) is 29.5 Å². The number of aromatic carboxylic acids is 1. The molecule has 1 unspecified atom stereocenters. The molecule has 1 atom stereocenters. The van der Waals surface area contributed by atoms with Gasteiger partial charge in [-0.25, -0.2) is 9.78 Å². The lowest BCUT2D eigenvalue weighted by Crippen LogP contribution is -2.39. The first kappa shape index (κ1) is 12.7. The summed E-state index contributed by atoms with van der Waals surface area (Å²) in [6, 6.07) is 4.99. The van der Waals surface area contributed by atoms with Crippen molar-refractivity contribution in [3.05, 3.63) is 29.6 Å². The maximum atomic E-state index is 11.4. The van der Waals surface area contributed by atoms with Crippen molar-refractivity contribution >= 4 is 11.8 Å². The number of Topliss-reactive ketones (excluding diaryl/α,β-unsaturated/α-hetero) is 1. The number of likely N-dealkylation sites (tertiary alicyclic amines) is 1. The third-order valence-corrected chi connectivity index (χ3v) is 3.17. The molecule has 0 bridgehead atoms. The zero-order valence-corrected chi connectivity index (χ0v) is 10.3. The van der Waals surface area contributed by atoms with Crippen molar-refractivity contribution in [2.24, 2.45) is 5.92 Å². The minimum atomic E-state index is -1.01. The summed E-state index contributed by atoms with van der Waals surface area (Å²) in [5.41, 5.74) is 0.796. The molecular weight excluding hydrogens is 232 g/mol. The number of pyridine rings is 1. The van der Waals surface area contributed by atoms with Gasteiger partial charge < -0.3 is 5.11 Å². The molecule has 5 nitrogen and oxygen atoms in total. The highest BCUT2D eigenvalue weighted by molar-refractivity contribution is 5.85. The Balaban J connectivity index is 2.03. The first-order valence-electron chi connectivity index (χ1n) is 6.00. The lowest BCUT2D eigenvalue weighted by atomic mass is 9.98. The molecule has 1 aliphatic heterocycles. The molecular formula is C13H16N2O3. The lowest BCUT2D eigenvalue weighted by molar-refractivity contribution is -0.125. The predicted molar refractivity (Wildman–Crippen MR) is 65.3 cm³/mol. The molecule has 1 aromatic rings. The molecule has 18 heavy (non-hydrogen) atoms. The molecule has 0 amide bonds. The summed E-state index contributed by atoms with van der Waals surface area (Å²) in [5, 5.41) is 8.87. The lowest BCUT2D eigenvalue weighted by Gasteiger charge is -2.29. The second-order valence-electron chi connectivity index (χ2n) is 4.67. The van der Waals surface area contributed by atoms with Gasteiger partial charge in [-0.2, -0.15) is 0 Å². The van der Waals surface area contributed by atoms with E-state index in [-0.39, 0.29) is 11.6 Å². The van der Waals surface area contributed by atoms with Crippen LogP contribution in [0.4, 0.5) is 0 Å². The molecule has 0 radical (unpaired) electrons. The van der Waals surface area contributed by atoms with Crippen LogP contribution < -0.4 is 0 Å². The SMILES string of the molecule is CC1CN(Cc2cccc(C(=O)O)n2)CCC1=O. The number of piperidine rings is 1. The fourth-order valence-corrected chi connectivity index (χ4v) is 2.15. The van der Waals surface area contributed by atoms with E-state index in [1.807, 2.05) is 13.0 Å². The average molecular weight is 248 g/mol. The third kappa shape index (κ3) is 2.92. The Hall–Kier alpha value is -1.75. The van der Waals surface area contributed by atoms with Crippen molar-refractivity contribution < 1.29 is 14.7 Å². The van der Waals surface area contributed by atoms with Gasteiger partial charge in [0.15, 0.2) is 0 Å². The van der Waals surface area contributed by atoms with E-state index < -0.39 is 5.97 Å². The van der Waals surface area contributed by atoms with Gasteiger partial charge in [0.05, 0.1) is 5.69 Å².